The molecule has 5 nitrogen and oxygen atoms in total. The van der Waals surface area contributed by atoms with E-state index in [4.69, 9.17) is 8.83 Å². The van der Waals surface area contributed by atoms with Crippen molar-refractivity contribution in [2.45, 2.75) is 19.6 Å². The first-order valence-corrected chi connectivity index (χ1v) is 22.9. The molecular formula is C54H27B2NO4S2. The average Bonchev–Trinajstić information content (AvgIpc) is 3.99. The minimum absolute atomic E-state index is 0.0710. The van der Waals surface area contributed by atoms with Crippen LogP contribution >= 0.6 is 23.5 Å². The summed E-state index contributed by atoms with van der Waals surface area (Å²) in [5.74, 6) is 0.329. The molecule has 9 aromatic carbocycles. The predicted molar refractivity (Wildman–Crippen MR) is 260 cm³/mol. The summed E-state index contributed by atoms with van der Waals surface area (Å²) in [5, 5.41) is 27.5. The Morgan fingerprint density at radius 2 is 0.889 bits per heavy atom. The Morgan fingerprint density at radius 3 is 1.37 bits per heavy atom. The van der Waals surface area contributed by atoms with Crippen LogP contribution in [0.1, 0.15) is 0 Å². The maximum absolute atomic E-state index is 10.8. The molecule has 0 radical (unpaired) electrons. The SMILES string of the molecule is Oc1ccc2c(c1)oc1c2cc2c3c1c1c4oc5cc(O)ccc5c4cc4c1n3-c1c3c(cc5c1B4c1cc(-c4ccccc4)ccc1S5)Sc1ccc(-c4ccccc4)cc1B32. The lowest BCUT2D eigenvalue weighted by Crippen LogP contribution is -2.65. The Balaban J connectivity index is 1.14. The molecule has 2 N–H and O–H groups in total. The zero-order chi connectivity index (χ0) is 41.0. The quantitative estimate of drug-likeness (QED) is 0.169. The van der Waals surface area contributed by atoms with Crippen LogP contribution in [0.15, 0.2) is 180 Å². The fraction of sp³-hybridized carbons (Fsp3) is 0. The minimum Gasteiger partial charge on any atom is -0.508 e. The first-order valence-electron chi connectivity index (χ1n) is 21.2. The highest BCUT2D eigenvalue weighted by molar-refractivity contribution is 8.01. The molecule has 4 aliphatic heterocycles. The van der Waals surface area contributed by atoms with Gasteiger partial charge in [-0.1, -0.05) is 132 Å². The molecule has 0 fully saturated rings. The van der Waals surface area contributed by atoms with Crippen molar-refractivity contribution in [3.05, 3.63) is 152 Å². The summed E-state index contributed by atoms with van der Waals surface area (Å²) in [6.45, 7) is -0.142. The number of hydrogen-bond acceptors (Lipinski definition) is 6. The van der Waals surface area contributed by atoms with Gasteiger partial charge in [-0.05, 0) is 86.6 Å². The molecule has 16 rings (SSSR count). The maximum atomic E-state index is 10.8. The molecule has 0 atom stereocenters. The van der Waals surface area contributed by atoms with Gasteiger partial charge in [-0.15, -0.1) is 0 Å². The molecule has 4 aliphatic rings. The number of phenols is 2. The molecule has 0 unspecified atom stereocenters. The first kappa shape index (κ1) is 33.4. The van der Waals surface area contributed by atoms with E-state index in [2.05, 4.69) is 120 Å². The number of nitrogens with zero attached hydrogens (tertiary/aromatic N) is 1. The summed E-state index contributed by atoms with van der Waals surface area (Å²) in [4.78, 5) is 5.10. The number of aromatic nitrogens is 1. The smallest absolute Gasteiger partial charge is 0.249 e. The van der Waals surface area contributed by atoms with Crippen LogP contribution in [0.3, 0.4) is 0 Å². The van der Waals surface area contributed by atoms with Gasteiger partial charge in [-0.25, -0.2) is 0 Å². The zero-order valence-corrected chi connectivity index (χ0v) is 34.7. The molecule has 290 valence electrons. The molecule has 12 aromatic rings. The summed E-state index contributed by atoms with van der Waals surface area (Å²) < 4.78 is 16.5. The summed E-state index contributed by atoms with van der Waals surface area (Å²) in [6, 6.07) is 53.7. The topological polar surface area (TPSA) is 71.7 Å². The molecule has 3 aromatic heterocycles. The van der Waals surface area contributed by atoms with Crippen molar-refractivity contribution < 1.29 is 19.0 Å². The van der Waals surface area contributed by atoms with Gasteiger partial charge in [-0.2, -0.15) is 0 Å². The van der Waals surface area contributed by atoms with E-state index in [0.717, 1.165) is 54.5 Å². The fourth-order valence-corrected chi connectivity index (χ4v) is 14.1. The predicted octanol–water partition coefficient (Wildman–Crippen LogP) is 9.92. The summed E-state index contributed by atoms with van der Waals surface area (Å²) >= 11 is 3.78. The van der Waals surface area contributed by atoms with E-state index in [0.29, 0.717) is 11.2 Å². The van der Waals surface area contributed by atoms with Gasteiger partial charge in [0.2, 0.25) is 13.4 Å². The third-order valence-electron chi connectivity index (χ3n) is 14.2. The summed E-state index contributed by atoms with van der Waals surface area (Å²) in [6.07, 6.45) is 0. The van der Waals surface area contributed by atoms with Gasteiger partial charge >= 0.3 is 0 Å². The Kier molecular flexibility index (Phi) is 6.07. The molecule has 0 spiro atoms. The number of phenolic OH excluding ortho intramolecular Hbond substituents is 2. The maximum Gasteiger partial charge on any atom is 0.249 e. The van der Waals surface area contributed by atoms with Gasteiger partial charge in [0.1, 0.15) is 33.8 Å². The largest absolute Gasteiger partial charge is 0.508 e. The zero-order valence-electron chi connectivity index (χ0n) is 33.1. The van der Waals surface area contributed by atoms with Gasteiger partial charge in [0.25, 0.3) is 0 Å². The Bertz CT molecular complexity index is 3870. The second-order valence-electron chi connectivity index (χ2n) is 17.4. The second kappa shape index (κ2) is 11.4. The lowest BCUT2D eigenvalue weighted by Gasteiger charge is -2.40. The van der Waals surface area contributed by atoms with Gasteiger partial charge in [-0.3, -0.25) is 0 Å². The van der Waals surface area contributed by atoms with Crippen molar-refractivity contribution in [3.63, 3.8) is 0 Å². The van der Waals surface area contributed by atoms with Crippen LogP contribution in [-0.4, -0.2) is 28.2 Å². The first-order chi connectivity index (χ1) is 31.0. The lowest BCUT2D eigenvalue weighted by atomic mass is 9.31. The van der Waals surface area contributed by atoms with Crippen molar-refractivity contribution in [2.24, 2.45) is 0 Å². The van der Waals surface area contributed by atoms with Crippen LogP contribution in [0.25, 0.3) is 93.6 Å². The number of rotatable bonds is 2. The van der Waals surface area contributed by atoms with Crippen LogP contribution in [0.5, 0.6) is 11.5 Å². The van der Waals surface area contributed by atoms with Gasteiger partial charge in [0.05, 0.1) is 21.8 Å². The van der Waals surface area contributed by atoms with Crippen molar-refractivity contribution >= 4 is 135 Å². The van der Waals surface area contributed by atoms with E-state index < -0.39 is 0 Å². The number of hydrogen-bond donors (Lipinski definition) is 2. The monoisotopic (exact) mass is 839 g/mol. The van der Waals surface area contributed by atoms with E-state index in [-0.39, 0.29) is 24.9 Å². The Labute approximate surface area is 367 Å². The second-order valence-corrected chi connectivity index (χ2v) is 19.6. The van der Waals surface area contributed by atoms with Crippen molar-refractivity contribution in [1.29, 1.82) is 0 Å². The standard InChI is InChI=1S/C54H27B2NO4S2/c58-30-13-15-32-34-23-38-50-46(53(34)60-40(32)21-30)47-51-39(24-35-33-16-14-31(59)22-41(33)61-54(35)47)56-37-20-29(27-9-5-2-6-10-27)12-18-43(37)63-45-25-44-48(52(49(45)56)57(50)51)55(38)36-19-28(11-17-42(36)62-44)26-7-3-1-4-8-26/h1-25,58-59H. The number of aromatic hydroxyl groups is 2. The number of benzene rings is 9. The number of furan rings is 2. The molecule has 0 saturated heterocycles. The molecular weight excluding hydrogens is 812 g/mol. The van der Waals surface area contributed by atoms with E-state index in [1.165, 1.54) is 80.3 Å². The normalized spacial score (nSPS) is 14.0. The van der Waals surface area contributed by atoms with Gasteiger partial charge in [0, 0.05) is 58.9 Å². The van der Waals surface area contributed by atoms with Crippen molar-refractivity contribution in [3.8, 4) is 39.4 Å². The fourth-order valence-electron chi connectivity index (χ4n) is 11.7. The third kappa shape index (κ3) is 4.11. The number of fused-ring (bicyclic) bond motifs is 15. The third-order valence-corrected chi connectivity index (χ3v) is 16.5. The summed E-state index contributed by atoms with van der Waals surface area (Å²) in [5.41, 5.74) is 18.9. The average molecular weight is 840 g/mol. The van der Waals surface area contributed by atoms with Crippen molar-refractivity contribution in [1.82, 2.24) is 4.57 Å². The van der Waals surface area contributed by atoms with E-state index in [1.54, 1.807) is 24.3 Å². The van der Waals surface area contributed by atoms with Crippen LogP contribution in [0, 0.1) is 0 Å². The van der Waals surface area contributed by atoms with Crippen molar-refractivity contribution in [2.75, 3.05) is 0 Å². The van der Waals surface area contributed by atoms with Crippen LogP contribution in [-0.2, 0) is 0 Å². The molecule has 7 heterocycles. The molecule has 0 aliphatic carbocycles. The minimum atomic E-state index is -0.0710. The Morgan fingerprint density at radius 1 is 0.413 bits per heavy atom. The molecule has 9 heteroatoms. The Hall–Kier alpha value is -7.19. The summed E-state index contributed by atoms with van der Waals surface area (Å²) in [7, 11) is 0. The van der Waals surface area contributed by atoms with Gasteiger partial charge < -0.3 is 23.6 Å². The molecule has 0 amide bonds. The van der Waals surface area contributed by atoms with E-state index in [1.807, 2.05) is 35.7 Å². The van der Waals surface area contributed by atoms with Gasteiger partial charge in [0.15, 0.2) is 0 Å². The highest BCUT2D eigenvalue weighted by Crippen LogP contribution is 2.49. The van der Waals surface area contributed by atoms with E-state index >= 15 is 0 Å². The molecule has 63 heavy (non-hydrogen) atoms. The highest BCUT2D eigenvalue weighted by atomic mass is 32.2. The lowest BCUT2D eigenvalue weighted by molar-refractivity contribution is 0.474. The highest BCUT2D eigenvalue weighted by Gasteiger charge is 2.49. The van der Waals surface area contributed by atoms with E-state index in [9.17, 15) is 10.2 Å². The molecule has 0 saturated carbocycles. The van der Waals surface area contributed by atoms with Crippen LogP contribution in [0.2, 0.25) is 0 Å². The van der Waals surface area contributed by atoms with Crippen LogP contribution in [0.4, 0.5) is 0 Å². The van der Waals surface area contributed by atoms with Crippen LogP contribution < -0.4 is 32.8 Å². The molecule has 0 bridgehead atoms.